The Labute approximate surface area is 191 Å². The molecule has 0 saturated carbocycles. The first-order valence-corrected chi connectivity index (χ1v) is 21.3. The summed E-state index contributed by atoms with van der Waals surface area (Å²) in [4.78, 5) is 5.65. The Morgan fingerprint density at radius 3 is 1.86 bits per heavy atom. The molecule has 3 heterocycles. The number of anilines is 1. The average Bonchev–Trinajstić information content (AvgIpc) is 3.44. The van der Waals surface area contributed by atoms with Crippen LogP contribution in [0.3, 0.4) is 0 Å². The molecule has 0 unspecified atom stereocenters. The number of unbranched alkanes of at least 4 members (excludes halogenated alkanes) is 3. The first-order valence-electron chi connectivity index (χ1n) is 12.2. The van der Waals surface area contributed by atoms with E-state index in [0.717, 1.165) is 0 Å². The van der Waals surface area contributed by atoms with E-state index in [1.54, 1.807) is 18.2 Å². The third kappa shape index (κ3) is 6.26. The van der Waals surface area contributed by atoms with E-state index in [-0.39, 0.29) is 0 Å². The molecule has 0 atom stereocenters. The SMILES string of the molecule is CCC[CH2][Sn]([CH2]CCC)([CH2]CCC)[c]1ccc(-c2ccc(N3CCCCC3)s2)s1. The molecule has 2 aromatic rings. The molecule has 0 bridgehead atoms. The van der Waals surface area contributed by atoms with E-state index in [2.05, 4.69) is 61.3 Å². The van der Waals surface area contributed by atoms with Crippen LogP contribution < -0.4 is 7.79 Å². The van der Waals surface area contributed by atoms with Crippen LogP contribution in [-0.4, -0.2) is 31.5 Å². The zero-order valence-corrected chi connectivity index (χ0v) is 23.5. The van der Waals surface area contributed by atoms with Crippen LogP contribution in [-0.2, 0) is 0 Å². The van der Waals surface area contributed by atoms with Gasteiger partial charge in [0.25, 0.3) is 0 Å². The summed E-state index contributed by atoms with van der Waals surface area (Å²) >= 11 is 1.95. The fraction of sp³-hybridized carbons (Fsp3) is 0.680. The molecular formula is C25H41NS2Sn. The molecule has 2 aromatic heterocycles. The van der Waals surface area contributed by atoms with Crippen LogP contribution in [0.4, 0.5) is 5.00 Å². The number of hydrogen-bond acceptors (Lipinski definition) is 3. The third-order valence-electron chi connectivity index (χ3n) is 6.66. The summed E-state index contributed by atoms with van der Waals surface area (Å²) in [6.45, 7) is 9.64. The van der Waals surface area contributed by atoms with E-state index in [1.807, 2.05) is 14.2 Å². The van der Waals surface area contributed by atoms with E-state index < -0.39 is 18.4 Å². The van der Waals surface area contributed by atoms with Crippen molar-refractivity contribution in [3.63, 3.8) is 0 Å². The number of thiophene rings is 2. The number of rotatable bonds is 12. The topological polar surface area (TPSA) is 3.24 Å². The van der Waals surface area contributed by atoms with Crippen molar-refractivity contribution < 1.29 is 0 Å². The second-order valence-corrected chi connectivity index (χ2v) is 25.2. The Balaban J connectivity index is 1.82. The van der Waals surface area contributed by atoms with Gasteiger partial charge in [0.05, 0.1) is 0 Å². The summed E-state index contributed by atoms with van der Waals surface area (Å²) in [6.07, 6.45) is 12.6. The molecule has 4 heteroatoms. The fourth-order valence-corrected chi connectivity index (χ4v) is 26.1. The molecule has 1 nitrogen and oxygen atoms in total. The molecule has 0 spiro atoms. The summed E-state index contributed by atoms with van der Waals surface area (Å²) in [5, 5.41) is 1.49. The molecule has 0 N–H and O–H groups in total. The van der Waals surface area contributed by atoms with Gasteiger partial charge >= 0.3 is 193 Å². The Morgan fingerprint density at radius 1 is 0.724 bits per heavy atom. The molecule has 29 heavy (non-hydrogen) atoms. The van der Waals surface area contributed by atoms with Crippen molar-refractivity contribution in [3.8, 4) is 9.75 Å². The predicted molar refractivity (Wildman–Crippen MR) is 138 cm³/mol. The van der Waals surface area contributed by atoms with E-state index in [4.69, 9.17) is 0 Å². The van der Waals surface area contributed by atoms with E-state index >= 15 is 0 Å². The molecule has 0 amide bonds. The average molecular weight is 538 g/mol. The Hall–Kier alpha value is -0.00130. The maximum absolute atomic E-state index is 2.61. The van der Waals surface area contributed by atoms with Crippen LogP contribution in [0.1, 0.15) is 78.6 Å². The minimum absolute atomic E-state index is 1.25. The molecule has 1 fully saturated rings. The Morgan fingerprint density at radius 2 is 1.28 bits per heavy atom. The van der Waals surface area contributed by atoms with Gasteiger partial charge in [0.2, 0.25) is 0 Å². The number of piperidine rings is 1. The molecule has 162 valence electrons. The van der Waals surface area contributed by atoms with Gasteiger partial charge in [-0.3, -0.25) is 0 Å². The minimum atomic E-state index is -2.27. The van der Waals surface area contributed by atoms with Crippen molar-refractivity contribution in [1.29, 1.82) is 0 Å². The number of hydrogen-bond donors (Lipinski definition) is 0. The van der Waals surface area contributed by atoms with Gasteiger partial charge in [0.1, 0.15) is 0 Å². The van der Waals surface area contributed by atoms with Gasteiger partial charge in [0, 0.05) is 0 Å². The molecule has 1 aliphatic rings. The van der Waals surface area contributed by atoms with Crippen molar-refractivity contribution in [2.45, 2.75) is 91.9 Å². The molecule has 0 radical (unpaired) electrons. The summed E-state index contributed by atoms with van der Waals surface area (Å²) in [5.74, 6) is 0. The van der Waals surface area contributed by atoms with Gasteiger partial charge in [-0.1, -0.05) is 0 Å². The molecular weight excluding hydrogens is 497 g/mol. The first-order chi connectivity index (χ1) is 14.2. The second kappa shape index (κ2) is 12.1. The predicted octanol–water partition coefficient (Wildman–Crippen LogP) is 8.52. The molecule has 1 saturated heterocycles. The van der Waals surface area contributed by atoms with Crippen LogP contribution in [0.2, 0.25) is 13.3 Å². The summed E-state index contributed by atoms with van der Waals surface area (Å²) in [7, 11) is 0. The van der Waals surface area contributed by atoms with Crippen molar-refractivity contribution in [1.82, 2.24) is 0 Å². The van der Waals surface area contributed by atoms with Crippen molar-refractivity contribution in [3.05, 3.63) is 24.3 Å². The van der Waals surface area contributed by atoms with Crippen molar-refractivity contribution >= 4 is 48.9 Å². The molecule has 0 aliphatic carbocycles. The van der Waals surface area contributed by atoms with E-state index in [9.17, 15) is 0 Å². The van der Waals surface area contributed by atoms with Gasteiger partial charge in [-0.15, -0.1) is 0 Å². The van der Waals surface area contributed by atoms with Gasteiger partial charge in [-0.25, -0.2) is 0 Å². The normalized spacial score (nSPS) is 15.2. The monoisotopic (exact) mass is 539 g/mol. The first kappa shape index (κ1) is 23.7. The van der Waals surface area contributed by atoms with Gasteiger partial charge in [-0.05, 0) is 0 Å². The summed E-state index contributed by atoms with van der Waals surface area (Å²) < 4.78 is 6.61. The quantitative estimate of drug-likeness (QED) is 0.245. The van der Waals surface area contributed by atoms with Crippen LogP contribution in [0.25, 0.3) is 9.75 Å². The van der Waals surface area contributed by atoms with Crippen LogP contribution in [0, 0.1) is 0 Å². The zero-order valence-electron chi connectivity index (χ0n) is 19.0. The molecule has 1 aliphatic heterocycles. The second-order valence-electron chi connectivity index (χ2n) is 8.94. The summed E-state index contributed by atoms with van der Waals surface area (Å²) in [5.41, 5.74) is 0. The number of nitrogens with zero attached hydrogens (tertiary/aromatic N) is 1. The van der Waals surface area contributed by atoms with Crippen molar-refractivity contribution in [2.75, 3.05) is 18.0 Å². The fourth-order valence-electron chi connectivity index (χ4n) is 4.79. The Bertz CT molecular complexity index is 692. The van der Waals surface area contributed by atoms with Crippen LogP contribution in [0.5, 0.6) is 0 Å². The van der Waals surface area contributed by atoms with Crippen molar-refractivity contribution in [2.24, 2.45) is 0 Å². The summed E-state index contributed by atoms with van der Waals surface area (Å²) in [6, 6.07) is 9.83. The molecule has 0 aromatic carbocycles. The molecule has 3 rings (SSSR count). The zero-order chi connectivity index (χ0) is 20.5. The van der Waals surface area contributed by atoms with Gasteiger partial charge in [-0.2, -0.15) is 0 Å². The van der Waals surface area contributed by atoms with E-state index in [1.165, 1.54) is 80.8 Å². The maximum atomic E-state index is 2.61. The van der Waals surface area contributed by atoms with Crippen LogP contribution in [0.15, 0.2) is 24.3 Å². The Kier molecular flexibility index (Phi) is 9.90. The third-order valence-corrected chi connectivity index (χ3v) is 27.4. The van der Waals surface area contributed by atoms with E-state index in [0.29, 0.717) is 0 Å². The van der Waals surface area contributed by atoms with Gasteiger partial charge < -0.3 is 0 Å². The van der Waals surface area contributed by atoms with Crippen LogP contribution >= 0.6 is 22.7 Å². The van der Waals surface area contributed by atoms with Gasteiger partial charge in [0.15, 0.2) is 0 Å². The standard InChI is InChI=1S/C13H14NS2.3C4H9.Sn/c1-2-8-14(9-3-1)13-7-6-12(16-13)11-5-4-10-15-11;3*1-3-4-2;/h4-7H,1-3,8-9H2;3*1,3-4H2,2H3;.